The van der Waals surface area contributed by atoms with Gasteiger partial charge >= 0.3 is 0 Å². The predicted molar refractivity (Wildman–Crippen MR) is 128 cm³/mol. The summed E-state index contributed by atoms with van der Waals surface area (Å²) in [4.78, 5) is 39.8. The third-order valence-electron chi connectivity index (χ3n) is 7.59. The zero-order valence-electron chi connectivity index (χ0n) is 19.6. The van der Waals surface area contributed by atoms with Crippen LogP contribution in [0.1, 0.15) is 79.9 Å². The van der Waals surface area contributed by atoms with Crippen LogP contribution in [0.15, 0.2) is 30.3 Å². The molecule has 174 valence electrons. The highest BCUT2D eigenvalue weighted by Crippen LogP contribution is 2.34. The molecule has 2 aromatic rings. The Kier molecular flexibility index (Phi) is 6.43. The molecule has 1 aliphatic carbocycles. The Morgan fingerprint density at radius 1 is 1.00 bits per heavy atom. The maximum Gasteiger partial charge on any atom is 0.228 e. The summed E-state index contributed by atoms with van der Waals surface area (Å²) in [6.07, 6.45) is 8.83. The molecule has 33 heavy (non-hydrogen) atoms. The van der Waals surface area contributed by atoms with E-state index in [1.807, 2.05) is 42.2 Å². The molecule has 1 saturated carbocycles. The first kappa shape index (κ1) is 22.1. The Bertz CT molecular complexity index is 1020. The summed E-state index contributed by atoms with van der Waals surface area (Å²) in [5.41, 5.74) is 3.15. The van der Waals surface area contributed by atoms with Crippen molar-refractivity contribution in [2.75, 3.05) is 18.0 Å². The second-order valence-electron chi connectivity index (χ2n) is 9.89. The number of likely N-dealkylation sites (tertiary alicyclic amines) is 1. The molecule has 3 aliphatic rings. The van der Waals surface area contributed by atoms with Crippen LogP contribution in [0.25, 0.3) is 0 Å². The highest BCUT2D eigenvalue weighted by Gasteiger charge is 2.33. The first-order valence-corrected chi connectivity index (χ1v) is 12.6. The van der Waals surface area contributed by atoms with Crippen LogP contribution in [0.4, 0.5) is 5.82 Å². The minimum absolute atomic E-state index is 0.119. The van der Waals surface area contributed by atoms with Crippen LogP contribution in [0, 0.1) is 12.8 Å². The van der Waals surface area contributed by atoms with Gasteiger partial charge in [-0.3, -0.25) is 14.5 Å². The average Bonchev–Trinajstić information content (AvgIpc) is 2.86. The number of carbonyl (C=O) groups excluding carboxylic acids is 2. The molecule has 1 atom stereocenters. The monoisotopic (exact) mass is 446 g/mol. The van der Waals surface area contributed by atoms with E-state index in [9.17, 15) is 9.59 Å². The fourth-order valence-corrected chi connectivity index (χ4v) is 5.71. The molecule has 0 bridgehead atoms. The summed E-state index contributed by atoms with van der Waals surface area (Å²) in [6.45, 7) is 4.10. The minimum atomic E-state index is 0.119. The van der Waals surface area contributed by atoms with Crippen molar-refractivity contribution in [1.82, 2.24) is 14.9 Å². The number of nitrogens with zero attached hydrogens (tertiary/aromatic N) is 4. The van der Waals surface area contributed by atoms with Gasteiger partial charge in [0.2, 0.25) is 11.8 Å². The molecule has 1 aromatic carbocycles. The van der Waals surface area contributed by atoms with Crippen molar-refractivity contribution in [1.29, 1.82) is 0 Å². The van der Waals surface area contributed by atoms with Crippen LogP contribution in [0.5, 0.6) is 0 Å². The van der Waals surface area contributed by atoms with Crippen LogP contribution in [-0.2, 0) is 22.6 Å². The second-order valence-corrected chi connectivity index (χ2v) is 9.89. The van der Waals surface area contributed by atoms with Crippen molar-refractivity contribution in [3.8, 4) is 0 Å². The fraction of sp³-hybridized carbons (Fsp3) is 0.556. The van der Waals surface area contributed by atoms with Gasteiger partial charge in [-0.15, -0.1) is 0 Å². The van der Waals surface area contributed by atoms with E-state index in [1.54, 1.807) is 0 Å². The largest absolute Gasteiger partial charge is 0.342 e. The van der Waals surface area contributed by atoms with Crippen molar-refractivity contribution in [2.24, 2.45) is 5.92 Å². The van der Waals surface area contributed by atoms with Crippen molar-refractivity contribution in [2.45, 2.75) is 77.2 Å². The lowest BCUT2D eigenvalue weighted by atomic mass is 9.87. The van der Waals surface area contributed by atoms with Crippen LogP contribution in [0.3, 0.4) is 0 Å². The van der Waals surface area contributed by atoms with Crippen molar-refractivity contribution < 1.29 is 9.59 Å². The third kappa shape index (κ3) is 4.66. The highest BCUT2D eigenvalue weighted by atomic mass is 16.2. The van der Waals surface area contributed by atoms with E-state index in [1.165, 1.54) is 19.3 Å². The Balaban J connectivity index is 1.39. The highest BCUT2D eigenvalue weighted by molar-refractivity contribution is 5.95. The zero-order valence-corrected chi connectivity index (χ0v) is 19.6. The van der Waals surface area contributed by atoms with Gasteiger partial charge in [-0.1, -0.05) is 49.6 Å². The molecule has 6 heteroatoms. The van der Waals surface area contributed by atoms with Gasteiger partial charge in [0.25, 0.3) is 0 Å². The van der Waals surface area contributed by atoms with Crippen LogP contribution in [-0.4, -0.2) is 39.8 Å². The maximum absolute atomic E-state index is 13.2. The van der Waals surface area contributed by atoms with Crippen LogP contribution >= 0.6 is 0 Å². The first-order chi connectivity index (χ1) is 16.1. The molecule has 0 N–H and O–H groups in total. The number of carbonyl (C=O) groups is 2. The Labute approximate surface area is 196 Å². The molecular weight excluding hydrogens is 412 g/mol. The standard InChI is InChI=1S/C27H34N4O2/c1-19-23-14-15-24(32)31(17-20-9-4-2-5-10-20)26(23)29-25(28-19)22-13-8-16-30(18-22)27(33)21-11-6-3-7-12-21/h2,4-5,9-10,21-22H,3,6-8,11-18H2,1H3. The van der Waals surface area contributed by atoms with Gasteiger partial charge < -0.3 is 4.90 Å². The van der Waals surface area contributed by atoms with Crippen molar-refractivity contribution >= 4 is 17.6 Å². The van der Waals surface area contributed by atoms with Gasteiger partial charge in [0, 0.05) is 42.6 Å². The van der Waals surface area contributed by atoms with E-state index < -0.39 is 0 Å². The van der Waals surface area contributed by atoms with Gasteiger partial charge in [-0.05, 0) is 44.6 Å². The topological polar surface area (TPSA) is 66.4 Å². The normalized spacial score (nSPS) is 21.7. The van der Waals surface area contributed by atoms with E-state index in [4.69, 9.17) is 9.97 Å². The predicted octanol–water partition coefficient (Wildman–Crippen LogP) is 4.55. The molecule has 1 aromatic heterocycles. The SMILES string of the molecule is Cc1nc(C2CCCN(C(=O)C3CCCCC3)C2)nc2c1CCC(=O)N2Cc1ccccc1. The molecule has 2 aliphatic heterocycles. The fourth-order valence-electron chi connectivity index (χ4n) is 5.71. The first-order valence-electron chi connectivity index (χ1n) is 12.6. The summed E-state index contributed by atoms with van der Waals surface area (Å²) in [6, 6.07) is 10.1. The molecule has 2 amide bonds. The summed E-state index contributed by atoms with van der Waals surface area (Å²) >= 11 is 0. The second kappa shape index (κ2) is 9.62. The van der Waals surface area contributed by atoms with E-state index >= 15 is 0 Å². The quantitative estimate of drug-likeness (QED) is 0.691. The van der Waals surface area contributed by atoms with Gasteiger partial charge in [0.15, 0.2) is 0 Å². The average molecular weight is 447 g/mol. The van der Waals surface area contributed by atoms with E-state index in [2.05, 4.69) is 4.90 Å². The summed E-state index contributed by atoms with van der Waals surface area (Å²) < 4.78 is 0. The Morgan fingerprint density at radius 2 is 1.79 bits per heavy atom. The molecule has 3 heterocycles. The van der Waals surface area contributed by atoms with Gasteiger partial charge in [-0.2, -0.15) is 0 Å². The minimum Gasteiger partial charge on any atom is -0.342 e. The number of benzene rings is 1. The number of anilines is 1. The number of fused-ring (bicyclic) bond motifs is 1. The molecule has 1 unspecified atom stereocenters. The van der Waals surface area contributed by atoms with Crippen LogP contribution in [0.2, 0.25) is 0 Å². The zero-order chi connectivity index (χ0) is 22.8. The number of aryl methyl sites for hydroxylation is 1. The molecule has 0 spiro atoms. The van der Waals surface area contributed by atoms with E-state index in [-0.39, 0.29) is 17.7 Å². The lowest BCUT2D eigenvalue weighted by Crippen LogP contribution is -2.43. The number of rotatable bonds is 4. The molecule has 5 rings (SSSR count). The number of piperidine rings is 1. The summed E-state index contributed by atoms with van der Waals surface area (Å²) in [5, 5.41) is 0. The third-order valence-corrected chi connectivity index (χ3v) is 7.59. The maximum atomic E-state index is 13.2. The molecule has 1 saturated heterocycles. The number of hydrogen-bond acceptors (Lipinski definition) is 4. The number of hydrogen-bond donors (Lipinski definition) is 0. The van der Waals surface area contributed by atoms with Gasteiger partial charge in [0.05, 0.1) is 6.54 Å². The molecule has 0 radical (unpaired) electrons. The summed E-state index contributed by atoms with van der Waals surface area (Å²) in [7, 11) is 0. The Hall–Kier alpha value is -2.76. The van der Waals surface area contributed by atoms with Gasteiger partial charge in [-0.25, -0.2) is 9.97 Å². The number of aromatic nitrogens is 2. The van der Waals surface area contributed by atoms with Gasteiger partial charge in [0.1, 0.15) is 11.6 Å². The molecule has 6 nitrogen and oxygen atoms in total. The van der Waals surface area contributed by atoms with Crippen molar-refractivity contribution in [3.63, 3.8) is 0 Å². The van der Waals surface area contributed by atoms with E-state index in [0.29, 0.717) is 31.8 Å². The smallest absolute Gasteiger partial charge is 0.228 e. The number of amides is 2. The van der Waals surface area contributed by atoms with E-state index in [0.717, 1.165) is 60.7 Å². The Morgan fingerprint density at radius 3 is 2.58 bits per heavy atom. The molecular formula is C27H34N4O2. The lowest BCUT2D eigenvalue weighted by Gasteiger charge is -2.36. The lowest BCUT2D eigenvalue weighted by molar-refractivity contribution is -0.137. The molecule has 2 fully saturated rings. The van der Waals surface area contributed by atoms with Crippen LogP contribution < -0.4 is 4.90 Å². The van der Waals surface area contributed by atoms with Crippen molar-refractivity contribution in [3.05, 3.63) is 53.0 Å². The summed E-state index contributed by atoms with van der Waals surface area (Å²) in [5.74, 6) is 2.34.